The van der Waals surface area contributed by atoms with E-state index >= 15 is 0 Å². The van der Waals surface area contributed by atoms with Crippen molar-refractivity contribution >= 4 is 11.6 Å². The van der Waals surface area contributed by atoms with Crippen LogP contribution in [0.2, 0.25) is 5.02 Å². The largest absolute Gasteiger partial charge is 0.494 e. The van der Waals surface area contributed by atoms with Gasteiger partial charge in [-0.25, -0.2) is 0 Å². The summed E-state index contributed by atoms with van der Waals surface area (Å²) in [5.41, 5.74) is 12.2. The summed E-state index contributed by atoms with van der Waals surface area (Å²) >= 11 is 5.87. The summed E-state index contributed by atoms with van der Waals surface area (Å²) < 4.78 is 5.42. The van der Waals surface area contributed by atoms with Gasteiger partial charge in [-0.05, 0) is 25.1 Å². The number of halogens is 1. The van der Waals surface area contributed by atoms with Gasteiger partial charge < -0.3 is 16.2 Å². The summed E-state index contributed by atoms with van der Waals surface area (Å²) in [4.78, 5) is 0. The van der Waals surface area contributed by atoms with Gasteiger partial charge in [0.05, 0.1) is 6.61 Å². The fraction of sp³-hybridized carbons (Fsp3) is 0.400. The van der Waals surface area contributed by atoms with Crippen LogP contribution in [0.5, 0.6) is 5.75 Å². The Labute approximate surface area is 89.0 Å². The van der Waals surface area contributed by atoms with Crippen LogP contribution < -0.4 is 16.2 Å². The summed E-state index contributed by atoms with van der Waals surface area (Å²) in [6.07, 6.45) is 0. The molecule has 1 unspecified atom stereocenters. The highest BCUT2D eigenvalue weighted by atomic mass is 35.5. The van der Waals surface area contributed by atoms with Crippen molar-refractivity contribution in [3.8, 4) is 5.75 Å². The molecular formula is C10H15ClN2O. The molecule has 0 aliphatic heterocycles. The first-order valence-electron chi connectivity index (χ1n) is 4.57. The van der Waals surface area contributed by atoms with Crippen LogP contribution in [-0.4, -0.2) is 13.2 Å². The molecule has 0 bridgehead atoms. The second kappa shape index (κ2) is 5.20. The van der Waals surface area contributed by atoms with E-state index in [2.05, 4.69) is 0 Å². The Hall–Kier alpha value is -0.770. The van der Waals surface area contributed by atoms with E-state index < -0.39 is 0 Å². The maximum atomic E-state index is 5.87. The maximum absolute atomic E-state index is 5.87. The van der Waals surface area contributed by atoms with Crippen molar-refractivity contribution < 1.29 is 4.74 Å². The van der Waals surface area contributed by atoms with Gasteiger partial charge in [0.1, 0.15) is 5.75 Å². The zero-order valence-corrected chi connectivity index (χ0v) is 8.92. The monoisotopic (exact) mass is 214 g/mol. The topological polar surface area (TPSA) is 61.3 Å². The summed E-state index contributed by atoms with van der Waals surface area (Å²) in [5.74, 6) is 0.759. The van der Waals surface area contributed by atoms with E-state index in [1.165, 1.54) is 0 Å². The van der Waals surface area contributed by atoms with Crippen LogP contribution in [-0.2, 0) is 0 Å². The summed E-state index contributed by atoms with van der Waals surface area (Å²) in [6.45, 7) is 2.90. The van der Waals surface area contributed by atoms with E-state index in [1.54, 1.807) is 12.1 Å². The first kappa shape index (κ1) is 11.3. The average Bonchev–Trinajstić information content (AvgIpc) is 2.20. The smallest absolute Gasteiger partial charge is 0.124 e. The van der Waals surface area contributed by atoms with E-state index in [4.69, 9.17) is 27.8 Å². The van der Waals surface area contributed by atoms with E-state index in [0.717, 1.165) is 11.3 Å². The highest BCUT2D eigenvalue weighted by molar-refractivity contribution is 6.30. The molecule has 78 valence electrons. The minimum absolute atomic E-state index is 0.227. The SMILES string of the molecule is CCOc1ccc(Cl)cc1C(N)CN. The normalized spacial score (nSPS) is 12.6. The zero-order valence-electron chi connectivity index (χ0n) is 8.16. The summed E-state index contributed by atoms with van der Waals surface area (Å²) in [7, 11) is 0. The first-order chi connectivity index (χ1) is 6.69. The molecule has 0 aromatic heterocycles. The van der Waals surface area contributed by atoms with Crippen LogP contribution >= 0.6 is 11.6 Å². The molecule has 1 aromatic rings. The van der Waals surface area contributed by atoms with Crippen LogP contribution in [0.4, 0.5) is 0 Å². The number of hydrogen-bond acceptors (Lipinski definition) is 3. The molecule has 0 aliphatic rings. The number of ether oxygens (including phenoxy) is 1. The van der Waals surface area contributed by atoms with E-state index in [-0.39, 0.29) is 6.04 Å². The molecule has 0 saturated carbocycles. The van der Waals surface area contributed by atoms with Gasteiger partial charge in [-0.1, -0.05) is 11.6 Å². The van der Waals surface area contributed by atoms with Crippen molar-refractivity contribution in [1.29, 1.82) is 0 Å². The molecule has 14 heavy (non-hydrogen) atoms. The minimum atomic E-state index is -0.227. The molecular weight excluding hydrogens is 200 g/mol. The average molecular weight is 215 g/mol. The molecule has 0 heterocycles. The van der Waals surface area contributed by atoms with Gasteiger partial charge in [-0.3, -0.25) is 0 Å². The van der Waals surface area contributed by atoms with Crippen LogP contribution in [0.25, 0.3) is 0 Å². The molecule has 1 aromatic carbocycles. The van der Waals surface area contributed by atoms with Crippen molar-refractivity contribution in [3.05, 3.63) is 28.8 Å². The van der Waals surface area contributed by atoms with Crippen LogP contribution in [0.3, 0.4) is 0 Å². The molecule has 0 fully saturated rings. The Morgan fingerprint density at radius 3 is 2.79 bits per heavy atom. The Kier molecular flexibility index (Phi) is 4.20. The zero-order chi connectivity index (χ0) is 10.6. The second-order valence-electron chi connectivity index (χ2n) is 2.96. The molecule has 0 saturated heterocycles. The lowest BCUT2D eigenvalue weighted by Gasteiger charge is -2.15. The summed E-state index contributed by atoms with van der Waals surface area (Å²) in [6, 6.07) is 5.16. The molecule has 0 spiro atoms. The van der Waals surface area contributed by atoms with Gasteiger partial charge >= 0.3 is 0 Å². The van der Waals surface area contributed by atoms with Gasteiger partial charge in [0, 0.05) is 23.2 Å². The third kappa shape index (κ3) is 2.61. The molecule has 4 heteroatoms. The molecule has 4 N–H and O–H groups in total. The van der Waals surface area contributed by atoms with Crippen LogP contribution in [0.1, 0.15) is 18.5 Å². The van der Waals surface area contributed by atoms with Gasteiger partial charge in [0.25, 0.3) is 0 Å². The maximum Gasteiger partial charge on any atom is 0.124 e. The van der Waals surface area contributed by atoms with Crippen LogP contribution in [0.15, 0.2) is 18.2 Å². The number of nitrogens with two attached hydrogens (primary N) is 2. The standard InChI is InChI=1S/C10H15ClN2O/c1-2-14-10-4-3-7(11)5-8(10)9(13)6-12/h3-5,9H,2,6,12-13H2,1H3. The lowest BCUT2D eigenvalue weighted by atomic mass is 10.1. The predicted octanol–water partition coefficient (Wildman–Crippen LogP) is 1.70. The quantitative estimate of drug-likeness (QED) is 0.802. The predicted molar refractivity (Wildman–Crippen MR) is 58.6 cm³/mol. The molecule has 1 rings (SSSR count). The minimum Gasteiger partial charge on any atom is -0.494 e. The van der Waals surface area contributed by atoms with Gasteiger partial charge in [-0.15, -0.1) is 0 Å². The third-order valence-electron chi connectivity index (χ3n) is 1.93. The fourth-order valence-electron chi connectivity index (χ4n) is 1.22. The third-order valence-corrected chi connectivity index (χ3v) is 2.16. The molecule has 0 amide bonds. The lowest BCUT2D eigenvalue weighted by molar-refractivity contribution is 0.334. The number of rotatable bonds is 4. The van der Waals surface area contributed by atoms with E-state index in [0.29, 0.717) is 18.2 Å². The second-order valence-corrected chi connectivity index (χ2v) is 3.39. The highest BCUT2D eigenvalue weighted by Crippen LogP contribution is 2.26. The van der Waals surface area contributed by atoms with Gasteiger partial charge in [0.15, 0.2) is 0 Å². The molecule has 1 atom stereocenters. The van der Waals surface area contributed by atoms with Gasteiger partial charge in [0.2, 0.25) is 0 Å². The Bertz CT molecular complexity index is 304. The van der Waals surface area contributed by atoms with Crippen LogP contribution in [0, 0.1) is 0 Å². The lowest BCUT2D eigenvalue weighted by Crippen LogP contribution is -2.21. The van der Waals surface area contributed by atoms with Crippen molar-refractivity contribution in [2.45, 2.75) is 13.0 Å². The molecule has 0 aliphatic carbocycles. The van der Waals surface area contributed by atoms with Crippen molar-refractivity contribution in [2.75, 3.05) is 13.2 Å². The first-order valence-corrected chi connectivity index (χ1v) is 4.94. The van der Waals surface area contributed by atoms with Crippen molar-refractivity contribution in [3.63, 3.8) is 0 Å². The summed E-state index contributed by atoms with van der Waals surface area (Å²) in [5, 5.41) is 0.646. The van der Waals surface area contributed by atoms with Crippen molar-refractivity contribution in [2.24, 2.45) is 11.5 Å². The fourth-order valence-corrected chi connectivity index (χ4v) is 1.40. The molecule has 3 nitrogen and oxygen atoms in total. The van der Waals surface area contributed by atoms with Gasteiger partial charge in [-0.2, -0.15) is 0 Å². The Morgan fingerprint density at radius 2 is 2.21 bits per heavy atom. The number of benzene rings is 1. The Morgan fingerprint density at radius 1 is 1.50 bits per heavy atom. The number of hydrogen-bond donors (Lipinski definition) is 2. The van der Waals surface area contributed by atoms with E-state index in [1.807, 2.05) is 13.0 Å². The highest BCUT2D eigenvalue weighted by Gasteiger charge is 2.10. The molecule has 0 radical (unpaired) electrons. The Balaban J connectivity index is 3.02. The van der Waals surface area contributed by atoms with Crippen molar-refractivity contribution in [1.82, 2.24) is 0 Å². The van der Waals surface area contributed by atoms with E-state index in [9.17, 15) is 0 Å².